The minimum Gasteiger partial charge on any atom is -0.872 e. The van der Waals surface area contributed by atoms with Gasteiger partial charge in [0.1, 0.15) is 0 Å². The van der Waals surface area contributed by atoms with Crippen LogP contribution in [0.4, 0.5) is 0 Å². The van der Waals surface area contributed by atoms with Crippen molar-refractivity contribution < 1.29 is 69.3 Å². The van der Waals surface area contributed by atoms with E-state index in [1.54, 1.807) is 0 Å². The molecule has 0 unspecified atom stereocenters. The van der Waals surface area contributed by atoms with E-state index in [1.165, 1.54) is 11.1 Å². The molecule has 0 N–H and O–H groups in total. The van der Waals surface area contributed by atoms with E-state index in [4.69, 9.17) is 0 Å². The van der Waals surface area contributed by atoms with Crippen LogP contribution in [0.15, 0.2) is 24.3 Å². The third kappa shape index (κ3) is 11.8. The molecule has 4 nitrogen and oxygen atoms in total. The van der Waals surface area contributed by atoms with Crippen LogP contribution in [-0.2, 0) is 34.7 Å². The van der Waals surface area contributed by atoms with Gasteiger partial charge in [-0.2, -0.15) is 0 Å². The topological polar surface area (TPSA) is 52.6 Å². The Morgan fingerprint density at radius 2 is 0.878 bits per heavy atom. The average Bonchev–Trinajstić information content (AvgIpc) is 2.72. The van der Waals surface area contributed by atoms with Crippen LogP contribution in [0, 0.1) is 0 Å². The average molecular weight is 583 g/mol. The fourth-order valence-corrected chi connectivity index (χ4v) is 4.90. The summed E-state index contributed by atoms with van der Waals surface area (Å²) in [6.45, 7) is 28.7. The van der Waals surface area contributed by atoms with Gasteiger partial charge < -0.3 is 15.1 Å². The van der Waals surface area contributed by atoms with Gasteiger partial charge in [-0.1, -0.05) is 107 Å². The van der Waals surface area contributed by atoms with Crippen molar-refractivity contribution in [3.05, 3.63) is 57.6 Å². The summed E-state index contributed by atoms with van der Waals surface area (Å²) in [6.07, 6.45) is 0.964. The molecular formula is C35H56N2Na2O2. The molecule has 0 amide bonds. The Kier molecular flexibility index (Phi) is 15.3. The molecule has 0 bridgehead atoms. The largest absolute Gasteiger partial charge is 1.00 e. The summed E-state index contributed by atoms with van der Waals surface area (Å²) >= 11 is 0. The third-order valence-electron chi connectivity index (χ3n) is 7.55. The van der Waals surface area contributed by atoms with Crippen molar-refractivity contribution in [2.45, 2.75) is 124 Å². The number of rotatable bonds is 8. The molecule has 41 heavy (non-hydrogen) atoms. The Bertz CT molecular complexity index is 1050. The van der Waals surface area contributed by atoms with E-state index >= 15 is 0 Å². The molecule has 0 spiro atoms. The first-order valence-corrected chi connectivity index (χ1v) is 14.6. The first kappa shape index (κ1) is 41.0. The molecule has 0 fully saturated rings. The van der Waals surface area contributed by atoms with E-state index in [0.717, 1.165) is 41.8 Å². The Labute approximate surface area is 297 Å². The molecule has 0 saturated heterocycles. The molecular weight excluding hydrogens is 526 g/mol. The van der Waals surface area contributed by atoms with Gasteiger partial charge in [0.2, 0.25) is 0 Å². The van der Waals surface area contributed by atoms with Crippen molar-refractivity contribution in [2.24, 2.45) is 0 Å². The van der Waals surface area contributed by atoms with Crippen LogP contribution in [0.1, 0.15) is 123 Å². The fraction of sp³-hybridized carbons (Fsp3) is 0.657. The van der Waals surface area contributed by atoms with Crippen molar-refractivity contribution in [3.63, 3.8) is 0 Å². The summed E-state index contributed by atoms with van der Waals surface area (Å²) in [4.78, 5) is 4.50. The molecule has 2 aromatic rings. The standard InChI is InChI=1S/C35H58N2O2.2Na/c1-32(2,3)26-18-24(30(38)28(20-26)34(7,8)9)22-37(17-15-16-36(13)14)23-25-19-27(33(4,5)6)21-29(31(25)39)35(10,11)12;;/h18-21,38-39H,15-17,22-23H2,1-14H3;;/q;2*+1/p-2. The SMILES string of the molecule is CN(C)CCCN(Cc1cc(C(C)(C)C)cc(C(C)(C)C)c1[O-])Cc1cc(C(C)(C)C)cc(C(C)(C)C)c1[O-].[Na+].[Na+]. The molecule has 0 radical (unpaired) electrons. The maximum atomic E-state index is 13.8. The maximum Gasteiger partial charge on any atom is 1.00 e. The quantitative estimate of drug-likeness (QED) is 0.436. The maximum absolute atomic E-state index is 13.8. The van der Waals surface area contributed by atoms with Crippen LogP contribution in [0.25, 0.3) is 0 Å². The van der Waals surface area contributed by atoms with Gasteiger partial charge in [-0.25, -0.2) is 0 Å². The zero-order chi connectivity index (χ0) is 30.1. The van der Waals surface area contributed by atoms with Gasteiger partial charge >= 0.3 is 59.1 Å². The van der Waals surface area contributed by atoms with Crippen molar-refractivity contribution in [1.82, 2.24) is 9.80 Å². The number of hydrogen-bond donors (Lipinski definition) is 0. The van der Waals surface area contributed by atoms with E-state index in [0.29, 0.717) is 13.1 Å². The summed E-state index contributed by atoms with van der Waals surface area (Å²) < 4.78 is 0. The van der Waals surface area contributed by atoms with Gasteiger partial charge in [0, 0.05) is 19.6 Å². The second kappa shape index (κ2) is 15.3. The fourth-order valence-electron chi connectivity index (χ4n) is 4.90. The third-order valence-corrected chi connectivity index (χ3v) is 7.55. The Hall–Kier alpha value is -0.0400. The van der Waals surface area contributed by atoms with E-state index in [2.05, 4.69) is 131 Å². The molecule has 0 aliphatic heterocycles. The van der Waals surface area contributed by atoms with Crippen LogP contribution >= 0.6 is 0 Å². The summed E-state index contributed by atoms with van der Waals surface area (Å²) in [5.74, 6) is 0.267. The summed E-state index contributed by atoms with van der Waals surface area (Å²) in [5.41, 5.74) is 5.14. The van der Waals surface area contributed by atoms with Gasteiger partial charge in [-0.15, -0.1) is 11.5 Å². The van der Waals surface area contributed by atoms with Crippen molar-refractivity contribution >= 4 is 0 Å². The van der Waals surface area contributed by atoms with Crippen LogP contribution in [0.2, 0.25) is 0 Å². The van der Waals surface area contributed by atoms with Crippen molar-refractivity contribution in [2.75, 3.05) is 27.2 Å². The molecule has 0 heterocycles. The Morgan fingerprint density at radius 1 is 0.537 bits per heavy atom. The van der Waals surface area contributed by atoms with Gasteiger partial charge in [0.05, 0.1) is 0 Å². The van der Waals surface area contributed by atoms with E-state index in [1.807, 2.05) is 0 Å². The second-order valence-corrected chi connectivity index (χ2v) is 15.9. The zero-order valence-corrected chi connectivity index (χ0v) is 33.6. The van der Waals surface area contributed by atoms with Crippen LogP contribution in [0.3, 0.4) is 0 Å². The van der Waals surface area contributed by atoms with E-state index in [-0.39, 0.29) is 92.3 Å². The van der Waals surface area contributed by atoms with Crippen molar-refractivity contribution in [1.29, 1.82) is 0 Å². The number of nitrogens with zero attached hydrogens (tertiary/aromatic N) is 2. The Balaban J connectivity index is 0.00000800. The molecule has 0 saturated carbocycles. The number of benzene rings is 2. The molecule has 0 aromatic heterocycles. The summed E-state index contributed by atoms with van der Waals surface area (Å²) in [5, 5.41) is 27.6. The van der Waals surface area contributed by atoms with Crippen LogP contribution in [-0.4, -0.2) is 37.0 Å². The minimum absolute atomic E-state index is 0. The first-order chi connectivity index (χ1) is 17.5. The normalized spacial score (nSPS) is 12.9. The second-order valence-electron chi connectivity index (χ2n) is 15.9. The first-order valence-electron chi connectivity index (χ1n) is 14.6. The zero-order valence-electron chi connectivity index (χ0n) is 29.6. The van der Waals surface area contributed by atoms with Gasteiger partial charge in [-0.05, 0) is 82.1 Å². The smallest absolute Gasteiger partial charge is 0.872 e. The minimum atomic E-state index is -0.242. The van der Waals surface area contributed by atoms with Gasteiger partial charge in [0.25, 0.3) is 0 Å². The van der Waals surface area contributed by atoms with Crippen LogP contribution in [0.5, 0.6) is 11.5 Å². The molecule has 220 valence electrons. The molecule has 2 aromatic carbocycles. The number of hydrogen-bond acceptors (Lipinski definition) is 4. The molecule has 6 heteroatoms. The molecule has 0 atom stereocenters. The predicted molar refractivity (Wildman–Crippen MR) is 164 cm³/mol. The van der Waals surface area contributed by atoms with Crippen molar-refractivity contribution in [3.8, 4) is 11.5 Å². The molecule has 2 rings (SSSR count). The summed E-state index contributed by atoms with van der Waals surface area (Å²) in [6, 6.07) is 8.45. The Morgan fingerprint density at radius 3 is 1.15 bits per heavy atom. The molecule has 0 aliphatic carbocycles. The monoisotopic (exact) mass is 582 g/mol. The van der Waals surface area contributed by atoms with E-state index in [9.17, 15) is 10.2 Å². The van der Waals surface area contributed by atoms with Gasteiger partial charge in [-0.3, -0.25) is 4.90 Å². The predicted octanol–water partition coefficient (Wildman–Crippen LogP) is 0.986. The molecule has 0 aliphatic rings. The van der Waals surface area contributed by atoms with Gasteiger partial charge in [0.15, 0.2) is 0 Å². The van der Waals surface area contributed by atoms with Crippen LogP contribution < -0.4 is 69.3 Å². The summed E-state index contributed by atoms with van der Waals surface area (Å²) in [7, 11) is 4.17. The van der Waals surface area contributed by atoms with E-state index < -0.39 is 0 Å².